The van der Waals surface area contributed by atoms with E-state index >= 15 is 0 Å². The van der Waals surface area contributed by atoms with Gasteiger partial charge in [0.1, 0.15) is 5.69 Å². The summed E-state index contributed by atoms with van der Waals surface area (Å²) < 4.78 is 44.0. The third-order valence-corrected chi connectivity index (χ3v) is 9.39. The third-order valence-electron chi connectivity index (χ3n) is 9.05. The molecule has 2 atom stereocenters. The summed E-state index contributed by atoms with van der Waals surface area (Å²) in [5, 5.41) is 7.75. The van der Waals surface area contributed by atoms with Crippen LogP contribution in [0, 0.1) is 5.41 Å². The van der Waals surface area contributed by atoms with E-state index in [9.17, 15) is 17.8 Å². The lowest BCUT2D eigenvalue weighted by Crippen LogP contribution is -2.50. The van der Waals surface area contributed by atoms with E-state index < -0.39 is 22.5 Å². The lowest BCUT2D eigenvalue weighted by Gasteiger charge is -2.39. The Morgan fingerprint density at radius 3 is 2.02 bits per heavy atom. The molecular formula is C29H53N5O6S. The van der Waals surface area contributed by atoms with Gasteiger partial charge in [-0.25, -0.2) is 13.2 Å². The molecule has 3 aliphatic rings. The molecule has 2 bridgehead atoms. The second kappa shape index (κ2) is 15.1. The number of carbonyl (C=O) groups is 1. The van der Waals surface area contributed by atoms with Crippen molar-refractivity contribution in [2.75, 3.05) is 39.8 Å². The number of amides is 2. The van der Waals surface area contributed by atoms with Gasteiger partial charge in [-0.2, -0.15) is 9.35 Å². The zero-order valence-corrected chi connectivity index (χ0v) is 26.7. The van der Waals surface area contributed by atoms with E-state index in [4.69, 9.17) is 4.52 Å². The number of carbonyl (C=O) groups excluding carboxylic acids is 1. The maximum absolute atomic E-state index is 12.5. The van der Waals surface area contributed by atoms with Crippen molar-refractivity contribution in [2.24, 2.45) is 5.41 Å². The lowest BCUT2D eigenvalue weighted by molar-refractivity contribution is -0.929. The number of piperidine rings is 1. The van der Waals surface area contributed by atoms with Gasteiger partial charge in [-0.1, -0.05) is 58.5 Å². The van der Waals surface area contributed by atoms with Crippen molar-refractivity contribution in [3.8, 4) is 0 Å². The fourth-order valence-electron chi connectivity index (χ4n) is 6.47. The number of fused-ring (bicyclic) bond motifs is 3. The smallest absolute Gasteiger partial charge is 0.346 e. The van der Waals surface area contributed by atoms with Crippen LogP contribution in [0.2, 0.25) is 0 Å². The van der Waals surface area contributed by atoms with Gasteiger partial charge < -0.3 is 23.8 Å². The summed E-state index contributed by atoms with van der Waals surface area (Å²) in [6.07, 6.45) is 13.4. The molecule has 0 unspecified atom stereocenters. The molecule has 2 amide bonds. The molecule has 1 spiro atoms. The topological polar surface area (TPSA) is 128 Å². The molecule has 3 heterocycles. The highest BCUT2D eigenvalue weighted by Crippen LogP contribution is 2.61. The van der Waals surface area contributed by atoms with E-state index in [0.29, 0.717) is 31.0 Å². The van der Waals surface area contributed by atoms with Crippen LogP contribution in [0.25, 0.3) is 0 Å². The van der Waals surface area contributed by atoms with E-state index in [1.807, 2.05) is 0 Å². The highest BCUT2D eigenvalue weighted by atomic mass is 32.3. The summed E-state index contributed by atoms with van der Waals surface area (Å²) in [6, 6.07) is 0.437. The molecule has 4 rings (SSSR count). The highest BCUT2D eigenvalue weighted by Gasteiger charge is 2.64. The molecule has 2 saturated heterocycles. The molecule has 236 valence electrons. The second-order valence-electron chi connectivity index (χ2n) is 12.2. The number of urea groups is 1. The number of hydroxylamine groups is 2. The molecule has 1 aromatic heterocycles. The van der Waals surface area contributed by atoms with Crippen molar-refractivity contribution in [3.05, 3.63) is 17.5 Å². The van der Waals surface area contributed by atoms with Gasteiger partial charge in [0.25, 0.3) is 0 Å². The van der Waals surface area contributed by atoms with E-state index in [0.717, 1.165) is 17.9 Å². The fourth-order valence-corrected chi connectivity index (χ4v) is 6.83. The molecule has 1 saturated carbocycles. The van der Waals surface area contributed by atoms with Crippen LogP contribution in [0.15, 0.2) is 10.6 Å². The third kappa shape index (κ3) is 8.89. The van der Waals surface area contributed by atoms with Crippen LogP contribution >= 0.6 is 0 Å². The van der Waals surface area contributed by atoms with Gasteiger partial charge in [-0.3, -0.25) is 0 Å². The Labute approximate surface area is 247 Å². The predicted octanol–water partition coefficient (Wildman–Crippen LogP) is 5.12. The molecule has 2 aliphatic heterocycles. The number of nitrogens with one attached hydrogen (secondary N) is 1. The number of hydrogen-bond acceptors (Lipinski definition) is 8. The SMILES string of the molecule is CCCC[N+](CCCC)(CCCC)CCCC.CNCc1cc([C@@H]2CC3(CC3)[C@@H]3CN2C(=O)N3OS(=O)(=O)[O-])no1. The molecule has 1 N–H and O–H groups in total. The number of quaternary nitrogens is 1. The van der Waals surface area contributed by atoms with Gasteiger partial charge in [0.05, 0.1) is 44.8 Å². The zero-order valence-electron chi connectivity index (χ0n) is 25.9. The average Bonchev–Trinajstić information content (AvgIpc) is 3.45. The number of nitrogens with zero attached hydrogens (tertiary/aromatic N) is 4. The Morgan fingerprint density at radius 2 is 1.59 bits per heavy atom. The standard InChI is InChI=1S/C16H36N.C13H18N4O6S/c1-5-9-13-17(14-10-6-2,15-11-7-3)16-12-8-4;1-14-6-8-4-9(15-22-8)10-5-13(2-3-13)11-7-16(10)12(18)17(11)23-24(19,20)21/h5-16H2,1-4H3;4,10-11,14H,2-3,5-7H2,1H3,(H,19,20,21)/q+1;/p-1/t;10-,11-/m.0/s1. The van der Waals surface area contributed by atoms with Gasteiger partial charge in [-0.05, 0) is 57.4 Å². The minimum Gasteiger partial charge on any atom is -0.724 e. The molecule has 11 nitrogen and oxygen atoms in total. The normalized spacial score (nSPS) is 21.4. The Morgan fingerprint density at radius 1 is 1.05 bits per heavy atom. The monoisotopic (exact) mass is 599 g/mol. The van der Waals surface area contributed by atoms with Crippen molar-refractivity contribution >= 4 is 16.4 Å². The summed E-state index contributed by atoms with van der Waals surface area (Å²) >= 11 is 0. The summed E-state index contributed by atoms with van der Waals surface area (Å²) in [5.74, 6) is 0.654. The van der Waals surface area contributed by atoms with Gasteiger partial charge in [0.15, 0.2) is 5.76 Å². The fraction of sp³-hybridized carbons (Fsp3) is 0.862. The summed E-state index contributed by atoms with van der Waals surface area (Å²) in [6.45, 7) is 15.9. The molecule has 12 heteroatoms. The van der Waals surface area contributed by atoms with E-state index in [1.54, 1.807) is 13.1 Å². The van der Waals surface area contributed by atoms with Gasteiger partial charge in [0.2, 0.25) is 10.4 Å². The van der Waals surface area contributed by atoms with E-state index in [2.05, 4.69) is 42.5 Å². The summed E-state index contributed by atoms with van der Waals surface area (Å²) in [5.41, 5.74) is 0.408. The molecule has 41 heavy (non-hydrogen) atoms. The van der Waals surface area contributed by atoms with Crippen LogP contribution in [0.5, 0.6) is 0 Å². The number of rotatable bonds is 17. The van der Waals surface area contributed by atoms with Crippen LogP contribution in [0.3, 0.4) is 0 Å². The zero-order chi connectivity index (χ0) is 30.1. The van der Waals surface area contributed by atoms with Crippen molar-refractivity contribution in [1.29, 1.82) is 0 Å². The van der Waals surface area contributed by atoms with E-state index in [1.165, 1.54) is 86.9 Å². The maximum Gasteiger partial charge on any atom is 0.346 e. The first-order valence-electron chi connectivity index (χ1n) is 15.8. The lowest BCUT2D eigenvalue weighted by atomic mass is 9.84. The van der Waals surface area contributed by atoms with Gasteiger partial charge in [-0.15, -0.1) is 0 Å². The largest absolute Gasteiger partial charge is 0.724 e. The van der Waals surface area contributed by atoms with Crippen LogP contribution < -0.4 is 5.32 Å². The highest BCUT2D eigenvalue weighted by molar-refractivity contribution is 7.80. The Hall–Kier alpha value is -1.73. The minimum atomic E-state index is -5.00. The van der Waals surface area contributed by atoms with Crippen molar-refractivity contribution < 1.29 is 31.1 Å². The Kier molecular flexibility index (Phi) is 12.5. The van der Waals surface area contributed by atoms with Crippen LogP contribution in [0.1, 0.15) is 116 Å². The maximum atomic E-state index is 12.5. The molecule has 3 fully saturated rings. The first-order chi connectivity index (χ1) is 19.6. The van der Waals surface area contributed by atoms with Crippen LogP contribution in [-0.4, -0.2) is 84.4 Å². The first-order valence-corrected chi connectivity index (χ1v) is 17.1. The summed E-state index contributed by atoms with van der Waals surface area (Å²) in [7, 11) is -3.21. The molecular weight excluding hydrogens is 546 g/mol. The van der Waals surface area contributed by atoms with Crippen LogP contribution in [-0.2, 0) is 21.2 Å². The van der Waals surface area contributed by atoms with Crippen LogP contribution in [0.4, 0.5) is 4.79 Å². The molecule has 0 radical (unpaired) electrons. The predicted molar refractivity (Wildman–Crippen MR) is 156 cm³/mol. The van der Waals surface area contributed by atoms with Crippen molar-refractivity contribution in [2.45, 2.75) is 117 Å². The second-order valence-corrected chi connectivity index (χ2v) is 13.2. The van der Waals surface area contributed by atoms with Crippen molar-refractivity contribution in [1.82, 2.24) is 20.4 Å². The van der Waals surface area contributed by atoms with E-state index in [-0.39, 0.29) is 11.5 Å². The molecule has 0 aromatic carbocycles. The van der Waals surface area contributed by atoms with Gasteiger partial charge in [0, 0.05) is 12.6 Å². The number of aromatic nitrogens is 1. The Balaban J connectivity index is 0.000000242. The minimum absolute atomic E-state index is 0.222. The van der Waals surface area contributed by atoms with Crippen molar-refractivity contribution in [3.63, 3.8) is 0 Å². The van der Waals surface area contributed by atoms with Gasteiger partial charge >= 0.3 is 6.03 Å². The first kappa shape index (κ1) is 33.8. The summed E-state index contributed by atoms with van der Waals surface area (Å²) in [4.78, 5) is 14.0. The average molecular weight is 600 g/mol. The molecule has 1 aromatic rings. The number of unbranched alkanes of at least 4 members (excludes halogenated alkanes) is 4. The Bertz CT molecular complexity index is 1020. The molecule has 1 aliphatic carbocycles. The number of hydrogen-bond donors (Lipinski definition) is 1. The quantitative estimate of drug-likeness (QED) is 0.148.